The molecule has 2 aromatic rings. The monoisotopic (exact) mass is 374 g/mol. The van der Waals surface area contributed by atoms with Gasteiger partial charge < -0.3 is 28.4 Å². The van der Waals surface area contributed by atoms with Gasteiger partial charge in [0.25, 0.3) is 0 Å². The molecule has 3 heterocycles. The maximum Gasteiger partial charge on any atom is 0.341 e. The number of piperazine rings is 1. The predicted molar refractivity (Wildman–Crippen MR) is 96.2 cm³/mol. The Bertz CT molecular complexity index is 824. The fourth-order valence-electron chi connectivity index (χ4n) is 3.84. The molecule has 0 aliphatic carbocycles. The van der Waals surface area contributed by atoms with Crippen molar-refractivity contribution < 1.29 is 33.2 Å². The lowest BCUT2D eigenvalue weighted by molar-refractivity contribution is -1.02. The van der Waals surface area contributed by atoms with Crippen molar-refractivity contribution in [3.05, 3.63) is 46.9 Å². The fourth-order valence-corrected chi connectivity index (χ4v) is 3.84. The average Bonchev–Trinajstić information content (AvgIpc) is 3.28. The molecular weight excluding hydrogens is 348 g/mol. The maximum absolute atomic E-state index is 11.7. The van der Waals surface area contributed by atoms with Crippen LogP contribution in [0.2, 0.25) is 0 Å². The summed E-state index contributed by atoms with van der Waals surface area (Å²) in [5.74, 6) is 2.83. The fraction of sp³-hybridized carbons (Fsp3) is 0.450. The second-order valence-electron chi connectivity index (χ2n) is 7.22. The molecule has 7 nitrogen and oxygen atoms in total. The molecule has 0 radical (unpaired) electrons. The summed E-state index contributed by atoms with van der Waals surface area (Å²) >= 11 is 0. The van der Waals surface area contributed by atoms with Crippen LogP contribution in [0.1, 0.15) is 27.4 Å². The lowest BCUT2D eigenvalue weighted by Gasteiger charge is -2.29. The van der Waals surface area contributed by atoms with Gasteiger partial charge >= 0.3 is 5.97 Å². The molecule has 1 aromatic carbocycles. The molecule has 0 atom stereocenters. The number of methoxy groups -OCH3 is 1. The van der Waals surface area contributed by atoms with E-state index in [1.807, 2.05) is 12.1 Å². The standard InChI is InChI=1S/C20H24N2O5/c1-14-17(20(23)24-2)10-16(27-14)12-22-7-5-21(6-8-22)11-15-3-4-18-19(9-15)26-13-25-18/h3-4,9-10H,5-8,11-13H2,1-2H3/p+2. The number of carbonyl (C=O) groups excluding carboxylic acids is 1. The molecule has 0 saturated carbocycles. The van der Waals surface area contributed by atoms with Crippen molar-refractivity contribution in [2.24, 2.45) is 0 Å². The van der Waals surface area contributed by atoms with Crippen LogP contribution in [0.4, 0.5) is 0 Å². The number of carbonyl (C=O) groups is 1. The second-order valence-corrected chi connectivity index (χ2v) is 7.22. The molecule has 2 N–H and O–H groups in total. The van der Waals surface area contributed by atoms with Crippen LogP contribution >= 0.6 is 0 Å². The average molecular weight is 374 g/mol. The van der Waals surface area contributed by atoms with Crippen molar-refractivity contribution in [3.63, 3.8) is 0 Å². The number of fused-ring (bicyclic) bond motifs is 1. The summed E-state index contributed by atoms with van der Waals surface area (Å²) in [6, 6.07) is 8.03. The Morgan fingerprint density at radius 3 is 2.48 bits per heavy atom. The van der Waals surface area contributed by atoms with Gasteiger partial charge in [-0.25, -0.2) is 4.79 Å². The Labute approximate surface area is 158 Å². The third-order valence-electron chi connectivity index (χ3n) is 5.35. The van der Waals surface area contributed by atoms with Gasteiger partial charge in [0, 0.05) is 11.6 Å². The van der Waals surface area contributed by atoms with Gasteiger partial charge in [0.05, 0.1) is 7.11 Å². The number of benzene rings is 1. The van der Waals surface area contributed by atoms with Crippen molar-refractivity contribution in [1.82, 2.24) is 0 Å². The van der Waals surface area contributed by atoms with Gasteiger partial charge in [-0.2, -0.15) is 0 Å². The molecule has 0 unspecified atom stereocenters. The first-order valence-corrected chi connectivity index (χ1v) is 9.35. The molecule has 7 heteroatoms. The molecule has 4 rings (SSSR count). The Morgan fingerprint density at radius 1 is 1.04 bits per heavy atom. The van der Waals surface area contributed by atoms with E-state index in [-0.39, 0.29) is 5.97 Å². The second kappa shape index (κ2) is 7.62. The van der Waals surface area contributed by atoms with Crippen LogP contribution in [0.3, 0.4) is 0 Å². The molecule has 0 amide bonds. The summed E-state index contributed by atoms with van der Waals surface area (Å²) in [5.41, 5.74) is 1.81. The largest absolute Gasteiger partial charge is 0.465 e. The van der Waals surface area contributed by atoms with Gasteiger partial charge in [0.2, 0.25) is 6.79 Å². The van der Waals surface area contributed by atoms with Gasteiger partial charge in [0.1, 0.15) is 50.6 Å². The smallest absolute Gasteiger partial charge is 0.341 e. The van der Waals surface area contributed by atoms with E-state index in [1.165, 1.54) is 17.6 Å². The molecule has 27 heavy (non-hydrogen) atoms. The van der Waals surface area contributed by atoms with Crippen molar-refractivity contribution in [3.8, 4) is 11.5 Å². The highest BCUT2D eigenvalue weighted by atomic mass is 16.7. The molecule has 1 fully saturated rings. The third-order valence-corrected chi connectivity index (χ3v) is 5.35. The van der Waals surface area contributed by atoms with Gasteiger partial charge in [0.15, 0.2) is 17.3 Å². The summed E-state index contributed by atoms with van der Waals surface area (Å²) in [5, 5.41) is 0. The highest BCUT2D eigenvalue weighted by Gasteiger charge is 2.26. The minimum absolute atomic E-state index is 0.317. The summed E-state index contributed by atoms with van der Waals surface area (Å²) in [7, 11) is 1.39. The van der Waals surface area contributed by atoms with Crippen molar-refractivity contribution >= 4 is 5.97 Å². The molecule has 2 aliphatic heterocycles. The molecule has 1 saturated heterocycles. The quantitative estimate of drug-likeness (QED) is 0.697. The van der Waals surface area contributed by atoms with Gasteiger partial charge in [-0.15, -0.1) is 0 Å². The molecule has 2 aliphatic rings. The van der Waals surface area contributed by atoms with Crippen LogP contribution in [0.15, 0.2) is 28.7 Å². The van der Waals surface area contributed by atoms with E-state index in [2.05, 4.69) is 12.1 Å². The zero-order chi connectivity index (χ0) is 18.8. The van der Waals surface area contributed by atoms with Crippen LogP contribution in [-0.4, -0.2) is 46.1 Å². The van der Waals surface area contributed by atoms with E-state index >= 15 is 0 Å². The molecular formula is C20H26N2O5+2. The SMILES string of the molecule is COC(=O)c1cc(C[NH+]2CC[NH+](Cc3ccc4c(c3)OCO4)CC2)oc1C. The number of esters is 1. The molecule has 0 spiro atoms. The van der Waals surface area contributed by atoms with Crippen LogP contribution in [0.25, 0.3) is 0 Å². The normalized spacial score (nSPS) is 21.3. The number of hydrogen-bond donors (Lipinski definition) is 2. The first-order valence-electron chi connectivity index (χ1n) is 9.35. The Hall–Kier alpha value is -2.51. The van der Waals surface area contributed by atoms with Crippen molar-refractivity contribution in [2.45, 2.75) is 20.0 Å². The lowest BCUT2D eigenvalue weighted by Crippen LogP contribution is -3.27. The molecule has 144 valence electrons. The van der Waals surface area contributed by atoms with E-state index in [0.717, 1.165) is 56.5 Å². The van der Waals surface area contributed by atoms with E-state index < -0.39 is 0 Å². The molecule has 1 aromatic heterocycles. The minimum atomic E-state index is -0.338. The minimum Gasteiger partial charge on any atom is -0.465 e. The maximum atomic E-state index is 11.7. The van der Waals surface area contributed by atoms with E-state index in [1.54, 1.807) is 11.8 Å². The van der Waals surface area contributed by atoms with Crippen molar-refractivity contribution in [2.75, 3.05) is 40.1 Å². The molecule has 0 bridgehead atoms. The van der Waals surface area contributed by atoms with Crippen LogP contribution in [0, 0.1) is 6.92 Å². The first kappa shape index (κ1) is 17.9. The number of furan rings is 1. The Kier molecular flexibility index (Phi) is 5.05. The van der Waals surface area contributed by atoms with Gasteiger partial charge in [-0.05, 0) is 25.1 Å². The van der Waals surface area contributed by atoms with Crippen LogP contribution in [0.5, 0.6) is 11.5 Å². The number of nitrogens with one attached hydrogen (secondary N) is 2. The highest BCUT2D eigenvalue weighted by Crippen LogP contribution is 2.32. The topological polar surface area (TPSA) is 66.8 Å². The Morgan fingerprint density at radius 2 is 1.74 bits per heavy atom. The number of hydrogen-bond acceptors (Lipinski definition) is 5. The number of ether oxygens (including phenoxy) is 3. The third kappa shape index (κ3) is 3.94. The lowest BCUT2D eigenvalue weighted by atomic mass is 10.1. The van der Waals surface area contributed by atoms with E-state index in [9.17, 15) is 4.79 Å². The van der Waals surface area contributed by atoms with E-state index in [4.69, 9.17) is 18.6 Å². The zero-order valence-electron chi connectivity index (χ0n) is 15.8. The zero-order valence-corrected chi connectivity index (χ0v) is 15.8. The number of rotatable bonds is 5. The number of quaternary nitrogens is 2. The van der Waals surface area contributed by atoms with Gasteiger partial charge in [-0.3, -0.25) is 0 Å². The first-order chi connectivity index (χ1) is 13.1. The van der Waals surface area contributed by atoms with Crippen LogP contribution < -0.4 is 19.3 Å². The summed E-state index contributed by atoms with van der Waals surface area (Å²) in [4.78, 5) is 14.8. The summed E-state index contributed by atoms with van der Waals surface area (Å²) < 4.78 is 21.4. The van der Waals surface area contributed by atoms with Crippen molar-refractivity contribution in [1.29, 1.82) is 0 Å². The Balaban J connectivity index is 1.30. The predicted octanol–water partition coefficient (Wildman–Crippen LogP) is -0.413. The van der Waals surface area contributed by atoms with Gasteiger partial charge in [-0.1, -0.05) is 0 Å². The number of aryl methyl sites for hydroxylation is 1. The van der Waals surface area contributed by atoms with E-state index in [0.29, 0.717) is 18.1 Å². The van der Waals surface area contributed by atoms with Crippen LogP contribution in [-0.2, 0) is 17.8 Å². The summed E-state index contributed by atoms with van der Waals surface area (Å²) in [6.45, 7) is 8.28. The summed E-state index contributed by atoms with van der Waals surface area (Å²) in [6.07, 6.45) is 0. The highest BCUT2D eigenvalue weighted by molar-refractivity contribution is 5.90.